The van der Waals surface area contributed by atoms with Crippen molar-refractivity contribution in [2.45, 2.75) is 64.9 Å². The number of carbonyl (C=O) groups is 1. The molecule has 4 aliphatic carbocycles. The number of hydrogen-bond acceptors (Lipinski definition) is 3. The normalized spacial score (nSPS) is 41.7. The van der Waals surface area contributed by atoms with Crippen LogP contribution in [0.15, 0.2) is 53.8 Å². The Hall–Kier alpha value is -1.87. The highest BCUT2D eigenvalue weighted by atomic mass is 16.3. The molecule has 4 aliphatic rings. The van der Waals surface area contributed by atoms with Crippen LogP contribution in [0.4, 0.5) is 5.69 Å². The maximum absolute atomic E-state index is 13.6. The van der Waals surface area contributed by atoms with E-state index >= 15 is 0 Å². The first-order valence-corrected chi connectivity index (χ1v) is 11.7. The molecule has 6 atom stereocenters. The third-order valence-corrected chi connectivity index (χ3v) is 9.23. The highest BCUT2D eigenvalue weighted by Gasteiger charge is 2.59. The van der Waals surface area contributed by atoms with Gasteiger partial charge in [0.1, 0.15) is 0 Å². The first kappa shape index (κ1) is 20.1. The second kappa shape index (κ2) is 7.09. The van der Waals surface area contributed by atoms with Crippen LogP contribution in [0.3, 0.4) is 0 Å². The second-order valence-corrected chi connectivity index (χ2v) is 10.7. The number of allylic oxidation sites excluding steroid dienone is 2. The molecule has 0 unspecified atom stereocenters. The Labute approximate surface area is 180 Å². The van der Waals surface area contributed by atoms with E-state index in [0.717, 1.165) is 56.2 Å². The van der Waals surface area contributed by atoms with Gasteiger partial charge in [-0.05, 0) is 80.2 Å². The molecule has 0 aromatic heterocycles. The number of hydrogen-bond donors (Lipinski definition) is 1. The molecule has 3 nitrogen and oxygen atoms in total. The van der Waals surface area contributed by atoms with Gasteiger partial charge in [0.2, 0.25) is 0 Å². The molecule has 3 saturated carbocycles. The van der Waals surface area contributed by atoms with Crippen LogP contribution < -0.4 is 4.90 Å². The van der Waals surface area contributed by atoms with E-state index in [1.54, 1.807) is 0 Å². The summed E-state index contributed by atoms with van der Waals surface area (Å²) in [5.41, 5.74) is 3.64. The Kier molecular flexibility index (Phi) is 4.74. The minimum Gasteiger partial charge on any atom is -0.393 e. The average Bonchev–Trinajstić information content (AvgIpc) is 3.00. The standard InChI is InChI=1S/C27H35NO2/c1-26-13-11-21(29)16-19(26)9-10-22-23(26)12-14-27(2)24(22)15-18(25(27)30)17-28(3)20-7-5-4-6-8-20/h4-9,17,21-24,29H,10-16H2,1-3H3/b18-17-/t21-,22+,23-,24-,26-,27-/m0/s1. The van der Waals surface area contributed by atoms with E-state index in [0.29, 0.717) is 23.5 Å². The van der Waals surface area contributed by atoms with Crippen LogP contribution in [0.1, 0.15) is 58.8 Å². The van der Waals surface area contributed by atoms with Crippen LogP contribution in [-0.4, -0.2) is 24.0 Å². The Morgan fingerprint density at radius 1 is 1.03 bits per heavy atom. The second-order valence-electron chi connectivity index (χ2n) is 10.7. The van der Waals surface area contributed by atoms with Crippen molar-refractivity contribution in [3.63, 3.8) is 0 Å². The highest BCUT2D eigenvalue weighted by Crippen LogP contribution is 2.64. The third kappa shape index (κ3) is 2.92. The summed E-state index contributed by atoms with van der Waals surface area (Å²) in [6.45, 7) is 4.69. The number of carbonyl (C=O) groups excluding carboxylic acids is 1. The summed E-state index contributed by atoms with van der Waals surface area (Å²) < 4.78 is 0. The van der Waals surface area contributed by atoms with Crippen molar-refractivity contribution in [2.75, 3.05) is 11.9 Å². The molecule has 1 aromatic rings. The maximum Gasteiger partial charge on any atom is 0.166 e. The summed E-state index contributed by atoms with van der Waals surface area (Å²) in [5, 5.41) is 10.2. The minimum atomic E-state index is -0.208. The first-order chi connectivity index (χ1) is 14.3. The zero-order chi connectivity index (χ0) is 21.1. The number of nitrogens with zero attached hydrogens (tertiary/aromatic N) is 1. The van der Waals surface area contributed by atoms with Gasteiger partial charge in [-0.25, -0.2) is 0 Å². The Bertz CT molecular complexity index is 903. The first-order valence-electron chi connectivity index (χ1n) is 11.7. The molecular formula is C27H35NO2. The minimum absolute atomic E-state index is 0.161. The van der Waals surface area contributed by atoms with Gasteiger partial charge in [0.25, 0.3) is 0 Å². The lowest BCUT2D eigenvalue weighted by atomic mass is 9.48. The van der Waals surface area contributed by atoms with Gasteiger partial charge in [-0.15, -0.1) is 0 Å². The molecule has 5 rings (SSSR count). The molecular weight excluding hydrogens is 370 g/mol. The SMILES string of the molecule is CN(/C=C1/C[C@H]2[C@@H]3CC=C4C[C@@H](O)CC[C@]4(C)[C@H]3CC[C@]2(C)C1=O)c1ccccc1. The molecule has 0 amide bonds. The zero-order valence-electron chi connectivity index (χ0n) is 18.6. The lowest BCUT2D eigenvalue weighted by Crippen LogP contribution is -2.50. The number of rotatable bonds is 2. The summed E-state index contributed by atoms with van der Waals surface area (Å²) in [5.74, 6) is 2.07. The van der Waals surface area contributed by atoms with E-state index in [9.17, 15) is 9.90 Å². The molecule has 0 bridgehead atoms. The number of Topliss-reactive ketones (excluding diaryl/α,β-unsaturated/α-hetero) is 1. The van der Waals surface area contributed by atoms with Crippen molar-refractivity contribution in [2.24, 2.45) is 28.6 Å². The van der Waals surface area contributed by atoms with Crippen LogP contribution in [0.25, 0.3) is 0 Å². The molecule has 1 N–H and O–H groups in total. The Morgan fingerprint density at radius 3 is 2.53 bits per heavy atom. The molecule has 3 heteroatoms. The number of aliphatic hydroxyl groups excluding tert-OH is 1. The number of benzene rings is 1. The van der Waals surface area contributed by atoms with Crippen molar-refractivity contribution >= 4 is 11.5 Å². The van der Waals surface area contributed by atoms with Gasteiger partial charge in [-0.1, -0.05) is 43.7 Å². The lowest BCUT2D eigenvalue weighted by Gasteiger charge is -2.56. The van der Waals surface area contributed by atoms with Crippen LogP contribution in [0, 0.1) is 28.6 Å². The molecule has 0 saturated heterocycles. The quantitative estimate of drug-likeness (QED) is 0.521. The fourth-order valence-electron chi connectivity index (χ4n) is 7.40. The topological polar surface area (TPSA) is 40.5 Å². The predicted octanol–water partition coefficient (Wildman–Crippen LogP) is 5.51. The Morgan fingerprint density at radius 2 is 1.77 bits per heavy atom. The number of fused-ring (bicyclic) bond motifs is 5. The van der Waals surface area contributed by atoms with E-state index in [4.69, 9.17) is 0 Å². The number of para-hydroxylation sites is 1. The lowest BCUT2D eigenvalue weighted by molar-refractivity contribution is -0.130. The van der Waals surface area contributed by atoms with E-state index in [1.165, 1.54) is 5.57 Å². The van der Waals surface area contributed by atoms with Crippen molar-refractivity contribution in [1.29, 1.82) is 0 Å². The van der Waals surface area contributed by atoms with Crippen molar-refractivity contribution in [3.8, 4) is 0 Å². The average molecular weight is 406 g/mol. The fraction of sp³-hybridized carbons (Fsp3) is 0.593. The smallest absolute Gasteiger partial charge is 0.166 e. The van der Waals surface area contributed by atoms with Crippen LogP contribution >= 0.6 is 0 Å². The van der Waals surface area contributed by atoms with E-state index in [2.05, 4.69) is 43.2 Å². The molecule has 1 aromatic carbocycles. The summed E-state index contributed by atoms with van der Waals surface area (Å²) in [7, 11) is 2.05. The van der Waals surface area contributed by atoms with Crippen LogP contribution in [0.2, 0.25) is 0 Å². The number of anilines is 1. The van der Waals surface area contributed by atoms with Gasteiger partial charge in [0.05, 0.1) is 6.10 Å². The van der Waals surface area contributed by atoms with Crippen LogP contribution in [-0.2, 0) is 4.79 Å². The van der Waals surface area contributed by atoms with Crippen molar-refractivity contribution in [3.05, 3.63) is 53.8 Å². The van der Waals surface area contributed by atoms with E-state index in [-0.39, 0.29) is 16.9 Å². The highest BCUT2D eigenvalue weighted by molar-refractivity contribution is 6.02. The number of aliphatic hydroxyl groups is 1. The van der Waals surface area contributed by atoms with Crippen molar-refractivity contribution in [1.82, 2.24) is 0 Å². The summed E-state index contributed by atoms with van der Waals surface area (Å²) in [6.07, 6.45) is 11.4. The largest absolute Gasteiger partial charge is 0.393 e. The monoisotopic (exact) mass is 405 g/mol. The van der Waals surface area contributed by atoms with Gasteiger partial charge in [0, 0.05) is 29.9 Å². The van der Waals surface area contributed by atoms with Gasteiger partial charge < -0.3 is 10.0 Å². The summed E-state index contributed by atoms with van der Waals surface area (Å²) in [6, 6.07) is 10.3. The molecule has 0 radical (unpaired) electrons. The molecule has 3 fully saturated rings. The van der Waals surface area contributed by atoms with E-state index in [1.807, 2.05) is 25.2 Å². The van der Waals surface area contributed by atoms with Gasteiger partial charge in [-0.2, -0.15) is 0 Å². The fourth-order valence-corrected chi connectivity index (χ4v) is 7.40. The molecule has 160 valence electrons. The predicted molar refractivity (Wildman–Crippen MR) is 121 cm³/mol. The molecule has 0 heterocycles. The van der Waals surface area contributed by atoms with Gasteiger partial charge in [0.15, 0.2) is 5.78 Å². The molecule has 30 heavy (non-hydrogen) atoms. The van der Waals surface area contributed by atoms with Gasteiger partial charge in [-0.3, -0.25) is 4.79 Å². The maximum atomic E-state index is 13.6. The van der Waals surface area contributed by atoms with Crippen LogP contribution in [0.5, 0.6) is 0 Å². The zero-order valence-corrected chi connectivity index (χ0v) is 18.6. The van der Waals surface area contributed by atoms with E-state index < -0.39 is 0 Å². The molecule has 0 spiro atoms. The summed E-state index contributed by atoms with van der Waals surface area (Å²) in [4.78, 5) is 15.7. The Balaban J connectivity index is 1.44. The number of ketones is 1. The molecule has 0 aliphatic heterocycles. The van der Waals surface area contributed by atoms with Gasteiger partial charge >= 0.3 is 0 Å². The summed E-state index contributed by atoms with van der Waals surface area (Å²) >= 11 is 0. The van der Waals surface area contributed by atoms with Crippen molar-refractivity contribution < 1.29 is 9.90 Å². The third-order valence-electron chi connectivity index (χ3n) is 9.23.